The molecule has 0 radical (unpaired) electrons. The minimum Gasteiger partial charge on any atom is -0.330 e. The highest BCUT2D eigenvalue weighted by Gasteiger charge is 2.12. The topological polar surface area (TPSA) is 60.2 Å². The highest BCUT2D eigenvalue weighted by atomic mass is 79.9. The summed E-state index contributed by atoms with van der Waals surface area (Å²) in [6, 6.07) is 5.28. The van der Waals surface area contributed by atoms with Gasteiger partial charge in [-0.25, -0.2) is 8.42 Å². The number of sulfone groups is 1. The summed E-state index contributed by atoms with van der Waals surface area (Å²) in [6.45, 7) is 2.64. The van der Waals surface area contributed by atoms with Crippen LogP contribution in [0.3, 0.4) is 0 Å². The fraction of sp³-hybridized carbons (Fsp3) is 0.455. The van der Waals surface area contributed by atoms with Gasteiger partial charge in [0.15, 0.2) is 9.84 Å². The molecule has 0 aliphatic carbocycles. The summed E-state index contributed by atoms with van der Waals surface area (Å²) in [5.74, 6) is 0.267. The summed E-state index contributed by atoms with van der Waals surface area (Å²) in [5, 5.41) is 0. The summed E-state index contributed by atoms with van der Waals surface area (Å²) in [6.07, 6.45) is 2.06. The van der Waals surface area contributed by atoms with Gasteiger partial charge in [0, 0.05) is 10.7 Å². The first-order valence-electron chi connectivity index (χ1n) is 5.05. The fourth-order valence-electron chi connectivity index (χ4n) is 1.50. The van der Waals surface area contributed by atoms with E-state index in [-0.39, 0.29) is 5.92 Å². The van der Waals surface area contributed by atoms with Gasteiger partial charge in [-0.3, -0.25) is 0 Å². The summed E-state index contributed by atoms with van der Waals surface area (Å²) in [7, 11) is -3.16. The molecule has 0 fully saturated rings. The first-order valence-corrected chi connectivity index (χ1v) is 7.73. The van der Waals surface area contributed by atoms with Crippen molar-refractivity contribution in [1.29, 1.82) is 0 Å². The lowest BCUT2D eigenvalue weighted by atomic mass is 9.98. The van der Waals surface area contributed by atoms with Gasteiger partial charge in [0.2, 0.25) is 0 Å². The van der Waals surface area contributed by atoms with E-state index in [0.29, 0.717) is 11.4 Å². The van der Waals surface area contributed by atoms with Crippen LogP contribution in [0.15, 0.2) is 27.6 Å². The number of rotatable bonds is 4. The summed E-state index contributed by atoms with van der Waals surface area (Å²) >= 11 is 3.33. The lowest BCUT2D eigenvalue weighted by molar-refractivity contribution is 0.601. The zero-order valence-electron chi connectivity index (χ0n) is 9.40. The Morgan fingerprint density at radius 2 is 2.00 bits per heavy atom. The molecule has 0 aliphatic heterocycles. The Morgan fingerprint density at radius 1 is 1.38 bits per heavy atom. The van der Waals surface area contributed by atoms with Gasteiger partial charge in [-0.1, -0.05) is 22.9 Å². The molecule has 0 amide bonds. The van der Waals surface area contributed by atoms with E-state index in [1.807, 2.05) is 13.0 Å². The Balaban J connectivity index is 3.18. The number of benzene rings is 1. The predicted octanol–water partition coefficient (Wildman–Crippen LogP) is 2.30. The van der Waals surface area contributed by atoms with Crippen molar-refractivity contribution in [3.63, 3.8) is 0 Å². The molecule has 5 heteroatoms. The monoisotopic (exact) mass is 305 g/mol. The summed E-state index contributed by atoms with van der Waals surface area (Å²) < 4.78 is 23.7. The molecule has 0 heterocycles. The van der Waals surface area contributed by atoms with Crippen LogP contribution in [0.4, 0.5) is 0 Å². The molecular formula is C11H16BrNO2S. The van der Waals surface area contributed by atoms with Crippen LogP contribution < -0.4 is 5.73 Å². The van der Waals surface area contributed by atoms with Crippen molar-refractivity contribution in [3.8, 4) is 0 Å². The minimum atomic E-state index is -3.16. The van der Waals surface area contributed by atoms with E-state index in [2.05, 4.69) is 15.9 Å². The SMILES string of the molecule is CC(CCN)c1cc(Br)cc(S(C)(=O)=O)c1. The van der Waals surface area contributed by atoms with Crippen molar-refractivity contribution in [2.45, 2.75) is 24.2 Å². The molecule has 1 atom stereocenters. The molecule has 2 N–H and O–H groups in total. The standard InChI is InChI=1S/C11H16BrNO2S/c1-8(3-4-13)9-5-10(12)7-11(6-9)16(2,14)15/h5-8H,3-4,13H2,1-2H3. The second-order valence-electron chi connectivity index (χ2n) is 3.97. The molecule has 1 rings (SSSR count). The van der Waals surface area contributed by atoms with Crippen LogP contribution >= 0.6 is 15.9 Å². The van der Waals surface area contributed by atoms with Gasteiger partial charge in [0.1, 0.15) is 0 Å². The number of nitrogens with two attached hydrogens (primary N) is 1. The van der Waals surface area contributed by atoms with Crippen LogP contribution in [0.2, 0.25) is 0 Å². The van der Waals surface area contributed by atoms with Crippen LogP contribution in [-0.2, 0) is 9.84 Å². The third-order valence-corrected chi connectivity index (χ3v) is 4.04. The van der Waals surface area contributed by atoms with Crippen molar-refractivity contribution in [1.82, 2.24) is 0 Å². The van der Waals surface area contributed by atoms with Crippen LogP contribution in [0, 0.1) is 0 Å². The zero-order valence-corrected chi connectivity index (χ0v) is 11.8. The second-order valence-corrected chi connectivity index (χ2v) is 6.90. The van der Waals surface area contributed by atoms with Gasteiger partial charge in [-0.2, -0.15) is 0 Å². The molecule has 1 unspecified atom stereocenters. The van der Waals surface area contributed by atoms with E-state index in [1.165, 1.54) is 6.26 Å². The van der Waals surface area contributed by atoms with E-state index in [1.54, 1.807) is 12.1 Å². The van der Waals surface area contributed by atoms with Crippen molar-refractivity contribution in [3.05, 3.63) is 28.2 Å². The van der Waals surface area contributed by atoms with E-state index in [9.17, 15) is 8.42 Å². The molecule has 0 aliphatic rings. The number of hydrogen-bond donors (Lipinski definition) is 1. The fourth-order valence-corrected chi connectivity index (χ4v) is 2.85. The smallest absolute Gasteiger partial charge is 0.175 e. The molecule has 0 aromatic heterocycles. The Hall–Kier alpha value is -0.390. The van der Waals surface area contributed by atoms with Gasteiger partial charge < -0.3 is 5.73 Å². The van der Waals surface area contributed by atoms with Crippen LogP contribution in [0.5, 0.6) is 0 Å². The molecule has 0 saturated carbocycles. The van der Waals surface area contributed by atoms with Crippen LogP contribution in [-0.4, -0.2) is 21.2 Å². The molecule has 90 valence electrons. The van der Waals surface area contributed by atoms with Gasteiger partial charge in [0.25, 0.3) is 0 Å². The van der Waals surface area contributed by atoms with E-state index in [4.69, 9.17) is 5.73 Å². The van der Waals surface area contributed by atoms with Gasteiger partial charge in [-0.15, -0.1) is 0 Å². The van der Waals surface area contributed by atoms with Crippen LogP contribution in [0.25, 0.3) is 0 Å². The number of halogens is 1. The van der Waals surface area contributed by atoms with Crippen molar-refractivity contribution in [2.24, 2.45) is 5.73 Å². The first kappa shape index (κ1) is 13.7. The largest absolute Gasteiger partial charge is 0.330 e. The minimum absolute atomic E-state index is 0.267. The van der Waals surface area contributed by atoms with Crippen LogP contribution in [0.1, 0.15) is 24.8 Å². The molecule has 0 spiro atoms. The molecular weight excluding hydrogens is 290 g/mol. The van der Waals surface area contributed by atoms with Gasteiger partial charge in [0.05, 0.1) is 4.90 Å². The number of hydrogen-bond acceptors (Lipinski definition) is 3. The maximum atomic E-state index is 11.5. The first-order chi connectivity index (χ1) is 7.34. The Morgan fingerprint density at radius 3 is 2.50 bits per heavy atom. The highest BCUT2D eigenvalue weighted by molar-refractivity contribution is 9.10. The maximum absolute atomic E-state index is 11.5. The van der Waals surface area contributed by atoms with Crippen molar-refractivity contribution < 1.29 is 8.42 Å². The predicted molar refractivity (Wildman–Crippen MR) is 69.3 cm³/mol. The molecule has 1 aromatic rings. The quantitative estimate of drug-likeness (QED) is 0.928. The third kappa shape index (κ3) is 3.57. The van der Waals surface area contributed by atoms with Gasteiger partial charge >= 0.3 is 0 Å². The summed E-state index contributed by atoms with van der Waals surface area (Å²) in [4.78, 5) is 0.348. The van der Waals surface area contributed by atoms with Crippen molar-refractivity contribution in [2.75, 3.05) is 12.8 Å². The normalized spacial score (nSPS) is 13.8. The average Bonchev–Trinajstić information content (AvgIpc) is 2.16. The molecule has 1 aromatic carbocycles. The second kappa shape index (κ2) is 5.29. The third-order valence-electron chi connectivity index (χ3n) is 2.49. The average molecular weight is 306 g/mol. The Labute approximate surface area is 105 Å². The summed E-state index contributed by atoms with van der Waals surface area (Å²) in [5.41, 5.74) is 6.50. The molecule has 0 bridgehead atoms. The van der Waals surface area contributed by atoms with E-state index in [0.717, 1.165) is 16.5 Å². The lowest BCUT2D eigenvalue weighted by Crippen LogP contribution is -2.06. The highest BCUT2D eigenvalue weighted by Crippen LogP contribution is 2.26. The molecule has 3 nitrogen and oxygen atoms in total. The van der Waals surface area contributed by atoms with E-state index >= 15 is 0 Å². The molecule has 16 heavy (non-hydrogen) atoms. The zero-order chi connectivity index (χ0) is 12.3. The Kier molecular flexibility index (Phi) is 4.52. The van der Waals surface area contributed by atoms with Crippen molar-refractivity contribution >= 4 is 25.8 Å². The molecule has 0 saturated heterocycles. The maximum Gasteiger partial charge on any atom is 0.175 e. The Bertz CT molecular complexity index is 471. The van der Waals surface area contributed by atoms with Gasteiger partial charge in [-0.05, 0) is 42.6 Å². The lowest BCUT2D eigenvalue weighted by Gasteiger charge is -2.12. The van der Waals surface area contributed by atoms with E-state index < -0.39 is 9.84 Å².